The fourth-order valence-electron chi connectivity index (χ4n) is 4.23. The lowest BCUT2D eigenvalue weighted by atomic mass is 10.1. The highest BCUT2D eigenvalue weighted by Gasteiger charge is 2.23. The Bertz CT molecular complexity index is 1100. The third-order valence-corrected chi connectivity index (χ3v) is 10.2. The van der Waals surface area contributed by atoms with Crippen LogP contribution in [-0.2, 0) is 45.0 Å². The Labute approximate surface area is 200 Å². The highest BCUT2D eigenvalue weighted by molar-refractivity contribution is 7.63. The van der Waals surface area contributed by atoms with Gasteiger partial charge in [0.2, 0.25) is 0 Å². The van der Waals surface area contributed by atoms with E-state index in [1.807, 2.05) is 0 Å². The topological polar surface area (TPSA) is 28.7 Å². The van der Waals surface area contributed by atoms with Gasteiger partial charge in [-0.2, -0.15) is 0 Å². The Morgan fingerprint density at radius 1 is 0.576 bits per heavy atom. The minimum absolute atomic E-state index is 0.787. The van der Waals surface area contributed by atoms with Crippen LogP contribution in [0.25, 0.3) is 0 Å². The summed E-state index contributed by atoms with van der Waals surface area (Å²) in [4.78, 5) is 0. The van der Waals surface area contributed by atoms with Gasteiger partial charge in [-0.1, -0.05) is 0 Å². The highest BCUT2D eigenvalue weighted by Crippen LogP contribution is 2.47. The predicted octanol–water partition coefficient (Wildman–Crippen LogP) is 3.87. The molecule has 3 heterocycles. The van der Waals surface area contributed by atoms with Crippen molar-refractivity contribution >= 4 is 7.14 Å². The minimum Gasteiger partial charge on any atom is -0.324 e. The SMILES string of the molecule is Cc1ccc(CCCP(=O)(CCc2ccc(C)[n+](C)c2)CCc2ccc(C)[n+](C)c2)c[n+]1C. The average molecular weight is 467 g/mol. The largest absolute Gasteiger partial charge is 0.324 e. The van der Waals surface area contributed by atoms with E-state index in [9.17, 15) is 4.57 Å². The van der Waals surface area contributed by atoms with Crippen molar-refractivity contribution < 1.29 is 18.3 Å². The third-order valence-electron chi connectivity index (χ3n) is 7.01. The predicted molar refractivity (Wildman–Crippen MR) is 135 cm³/mol. The van der Waals surface area contributed by atoms with Crippen LogP contribution in [0.4, 0.5) is 0 Å². The van der Waals surface area contributed by atoms with Crippen LogP contribution in [0.5, 0.6) is 0 Å². The van der Waals surface area contributed by atoms with Crippen molar-refractivity contribution in [3.05, 3.63) is 88.8 Å². The monoisotopic (exact) mass is 466 g/mol. The maximum atomic E-state index is 14.2. The van der Waals surface area contributed by atoms with Gasteiger partial charge in [-0.3, -0.25) is 0 Å². The zero-order chi connectivity index (χ0) is 24.0. The number of nitrogens with zero attached hydrogens (tertiary/aromatic N) is 3. The molecule has 0 aromatic carbocycles. The molecule has 3 aromatic heterocycles. The van der Waals surface area contributed by atoms with Gasteiger partial charge < -0.3 is 4.57 Å². The van der Waals surface area contributed by atoms with Crippen LogP contribution in [0, 0.1) is 20.8 Å². The van der Waals surface area contributed by atoms with Crippen molar-refractivity contribution in [2.45, 2.75) is 46.5 Å². The van der Waals surface area contributed by atoms with Gasteiger partial charge in [0.15, 0.2) is 35.7 Å². The number of aromatic nitrogens is 3. The van der Waals surface area contributed by atoms with Gasteiger partial charge in [0.25, 0.3) is 0 Å². The molecule has 0 aliphatic rings. The van der Waals surface area contributed by atoms with Crippen LogP contribution >= 0.6 is 7.14 Å². The number of rotatable bonds is 10. The molecule has 0 saturated carbocycles. The van der Waals surface area contributed by atoms with Gasteiger partial charge >= 0.3 is 0 Å². The molecule has 0 fully saturated rings. The molecule has 0 aliphatic heterocycles. The van der Waals surface area contributed by atoms with Gasteiger partial charge in [-0.15, -0.1) is 0 Å². The Morgan fingerprint density at radius 3 is 1.30 bits per heavy atom. The van der Waals surface area contributed by atoms with E-state index in [4.69, 9.17) is 0 Å². The van der Waals surface area contributed by atoms with Crippen LogP contribution in [-0.4, -0.2) is 18.5 Å². The van der Waals surface area contributed by atoms with Crippen LogP contribution in [0.2, 0.25) is 0 Å². The van der Waals surface area contributed by atoms with Crippen LogP contribution in [0.15, 0.2) is 55.0 Å². The van der Waals surface area contributed by atoms with Gasteiger partial charge in [-0.25, -0.2) is 13.7 Å². The molecule has 0 saturated heterocycles. The summed E-state index contributed by atoms with van der Waals surface area (Å²) in [6.07, 6.45) is 12.7. The van der Waals surface area contributed by atoms with E-state index < -0.39 is 7.14 Å². The standard InChI is InChI=1S/C28H41N3OP/c1-23-9-12-26(20-29(23)4)8-7-17-33(32,18-15-27-13-10-24(2)30(5)21-27)19-16-28-14-11-25(3)31(6)22-28/h9-14,20-22H,7-8,15-19H2,1-6H3/q+3. The molecule has 0 radical (unpaired) electrons. The number of hydrogen-bond donors (Lipinski definition) is 0. The van der Waals surface area contributed by atoms with Crippen molar-refractivity contribution in [1.29, 1.82) is 0 Å². The molecule has 0 N–H and O–H groups in total. The Morgan fingerprint density at radius 2 is 0.939 bits per heavy atom. The Kier molecular flexibility index (Phi) is 8.59. The second kappa shape index (κ2) is 11.2. The molecule has 0 atom stereocenters. The molecule has 0 amide bonds. The maximum absolute atomic E-state index is 14.2. The lowest BCUT2D eigenvalue weighted by Gasteiger charge is -2.18. The molecule has 0 aliphatic carbocycles. The summed E-state index contributed by atoms with van der Waals surface area (Å²) < 4.78 is 20.6. The van der Waals surface area contributed by atoms with E-state index in [1.54, 1.807) is 0 Å². The van der Waals surface area contributed by atoms with E-state index in [0.717, 1.165) is 44.2 Å². The zero-order valence-electron chi connectivity index (χ0n) is 21.3. The summed E-state index contributed by atoms with van der Waals surface area (Å²) >= 11 is 0. The van der Waals surface area contributed by atoms with Crippen LogP contribution in [0.1, 0.15) is 40.2 Å². The normalized spacial score (nSPS) is 11.7. The fraction of sp³-hybridized carbons (Fsp3) is 0.464. The van der Waals surface area contributed by atoms with Crippen LogP contribution in [0.3, 0.4) is 0 Å². The van der Waals surface area contributed by atoms with Gasteiger partial charge in [0.05, 0.1) is 7.14 Å². The number of pyridine rings is 3. The molecule has 4 nitrogen and oxygen atoms in total. The first kappa shape index (κ1) is 25.3. The Hall–Kier alpha value is -2.32. The molecule has 0 spiro atoms. The minimum atomic E-state index is -2.29. The van der Waals surface area contributed by atoms with E-state index in [-0.39, 0.29) is 0 Å². The molecule has 0 unspecified atom stereocenters. The second-order valence-corrected chi connectivity index (χ2v) is 13.2. The lowest BCUT2D eigenvalue weighted by molar-refractivity contribution is -0.678. The molecule has 176 valence electrons. The summed E-state index contributed by atoms with van der Waals surface area (Å²) in [5.41, 5.74) is 7.60. The lowest BCUT2D eigenvalue weighted by Crippen LogP contribution is -2.32. The van der Waals surface area contributed by atoms with E-state index in [0.29, 0.717) is 0 Å². The van der Waals surface area contributed by atoms with E-state index >= 15 is 0 Å². The molecular weight excluding hydrogens is 425 g/mol. The molecule has 3 aromatic rings. The van der Waals surface area contributed by atoms with Crippen LogP contribution < -0.4 is 13.7 Å². The molecule has 3 rings (SSSR count). The quantitative estimate of drug-likeness (QED) is 0.329. The smallest absolute Gasteiger partial charge is 0.177 e. The molecule has 0 bridgehead atoms. The van der Waals surface area contributed by atoms with Crippen molar-refractivity contribution in [2.75, 3.05) is 18.5 Å². The van der Waals surface area contributed by atoms with Gasteiger partial charge in [0.1, 0.15) is 21.1 Å². The molecule has 5 heteroatoms. The first-order valence-corrected chi connectivity index (χ1v) is 14.3. The summed E-state index contributed by atoms with van der Waals surface area (Å²) in [6.45, 7) is 6.34. The van der Waals surface area contributed by atoms with Crippen molar-refractivity contribution in [2.24, 2.45) is 21.1 Å². The molecule has 33 heavy (non-hydrogen) atoms. The Balaban J connectivity index is 1.68. The van der Waals surface area contributed by atoms with E-state index in [1.165, 1.54) is 33.8 Å². The van der Waals surface area contributed by atoms with Gasteiger partial charge in [-0.05, 0) is 43.9 Å². The van der Waals surface area contributed by atoms with Crippen molar-refractivity contribution in [3.63, 3.8) is 0 Å². The summed E-state index contributed by atoms with van der Waals surface area (Å²) in [6, 6.07) is 13.1. The van der Waals surface area contributed by atoms with Gasteiger partial charge in [0, 0.05) is 74.1 Å². The highest BCUT2D eigenvalue weighted by atomic mass is 31.2. The number of hydrogen-bond acceptors (Lipinski definition) is 1. The van der Waals surface area contributed by atoms with Crippen molar-refractivity contribution in [3.8, 4) is 0 Å². The fourth-order valence-corrected chi connectivity index (χ4v) is 6.97. The first-order chi connectivity index (χ1) is 15.6. The summed E-state index contributed by atoms with van der Waals surface area (Å²) in [5, 5.41) is 0. The van der Waals surface area contributed by atoms with Crippen molar-refractivity contribution in [1.82, 2.24) is 0 Å². The summed E-state index contributed by atoms with van der Waals surface area (Å²) in [5.74, 6) is 0. The first-order valence-electron chi connectivity index (χ1n) is 12.1. The maximum Gasteiger partial charge on any atom is 0.177 e. The summed E-state index contributed by atoms with van der Waals surface area (Å²) in [7, 11) is 3.96. The average Bonchev–Trinajstić information content (AvgIpc) is 2.78. The third kappa shape index (κ3) is 7.33. The zero-order valence-corrected chi connectivity index (χ0v) is 22.2. The van der Waals surface area contributed by atoms with E-state index in [2.05, 4.69) is 111 Å². The number of aryl methyl sites for hydroxylation is 9. The molecular formula is C28H41N3OP+3. The second-order valence-electron chi connectivity index (χ2n) is 9.70.